The Bertz CT molecular complexity index is 491. The third-order valence-corrected chi connectivity index (χ3v) is 4.53. The number of pyridine rings is 1. The molecule has 2 heterocycles. The lowest BCUT2D eigenvalue weighted by Gasteiger charge is -2.15. The first kappa shape index (κ1) is 11.8. The van der Waals surface area contributed by atoms with Crippen LogP contribution in [0.3, 0.4) is 0 Å². The maximum Gasteiger partial charge on any atom is 0.243 e. The number of hydrogen-bond donors (Lipinski definition) is 1. The molecule has 0 saturated carbocycles. The first-order valence-corrected chi connectivity index (χ1v) is 6.62. The Hall–Kier alpha value is -0.690. The zero-order chi connectivity index (χ0) is 11.8. The molecule has 1 N–H and O–H groups in total. The SMILES string of the molecule is O=S(=O)(c1ccnc(Cl)c1)N1CC[C@@H](O)C1. The molecular weight excluding hydrogens is 252 g/mol. The van der Waals surface area contributed by atoms with Crippen LogP contribution in [0, 0.1) is 0 Å². The summed E-state index contributed by atoms with van der Waals surface area (Å²) in [5.41, 5.74) is 0. The van der Waals surface area contributed by atoms with Gasteiger partial charge in [0.1, 0.15) is 5.15 Å². The molecule has 0 bridgehead atoms. The summed E-state index contributed by atoms with van der Waals surface area (Å²) >= 11 is 5.64. The lowest BCUT2D eigenvalue weighted by atomic mass is 10.3. The highest BCUT2D eigenvalue weighted by atomic mass is 35.5. The Kier molecular flexibility index (Phi) is 3.16. The topological polar surface area (TPSA) is 70.5 Å². The molecular formula is C9H11ClN2O3S. The molecule has 0 unspecified atom stereocenters. The molecule has 1 saturated heterocycles. The van der Waals surface area contributed by atoms with Crippen LogP contribution < -0.4 is 0 Å². The van der Waals surface area contributed by atoms with Crippen molar-refractivity contribution in [2.75, 3.05) is 13.1 Å². The summed E-state index contributed by atoms with van der Waals surface area (Å²) in [6.07, 6.45) is 1.24. The first-order chi connectivity index (χ1) is 7.50. The van der Waals surface area contributed by atoms with Gasteiger partial charge in [-0.2, -0.15) is 4.31 Å². The molecule has 1 aliphatic rings. The van der Waals surface area contributed by atoms with Crippen molar-refractivity contribution in [1.29, 1.82) is 0 Å². The van der Waals surface area contributed by atoms with E-state index in [9.17, 15) is 13.5 Å². The predicted octanol–water partition coefficient (Wildman–Crippen LogP) is 0.490. The van der Waals surface area contributed by atoms with Crippen LogP contribution in [-0.4, -0.2) is 42.0 Å². The molecule has 0 radical (unpaired) electrons. The van der Waals surface area contributed by atoms with E-state index in [0.29, 0.717) is 13.0 Å². The van der Waals surface area contributed by atoms with Crippen molar-refractivity contribution in [3.05, 3.63) is 23.5 Å². The van der Waals surface area contributed by atoms with E-state index >= 15 is 0 Å². The number of hydrogen-bond acceptors (Lipinski definition) is 4. The Balaban J connectivity index is 2.32. The summed E-state index contributed by atoms with van der Waals surface area (Å²) in [5, 5.41) is 9.46. The molecule has 88 valence electrons. The van der Waals surface area contributed by atoms with Crippen LogP contribution in [0.25, 0.3) is 0 Å². The van der Waals surface area contributed by atoms with Crippen LogP contribution in [0.4, 0.5) is 0 Å². The summed E-state index contributed by atoms with van der Waals surface area (Å²) in [6.45, 7) is 0.478. The van der Waals surface area contributed by atoms with Crippen LogP contribution in [-0.2, 0) is 10.0 Å². The molecule has 1 aromatic heterocycles. The predicted molar refractivity (Wildman–Crippen MR) is 58.6 cm³/mol. The van der Waals surface area contributed by atoms with E-state index < -0.39 is 16.1 Å². The highest BCUT2D eigenvalue weighted by molar-refractivity contribution is 7.89. The van der Waals surface area contributed by atoms with Crippen LogP contribution in [0.2, 0.25) is 5.15 Å². The van der Waals surface area contributed by atoms with E-state index in [0.717, 1.165) is 0 Å². The van der Waals surface area contributed by atoms with E-state index in [1.54, 1.807) is 0 Å². The Morgan fingerprint density at radius 1 is 1.56 bits per heavy atom. The van der Waals surface area contributed by atoms with E-state index in [-0.39, 0.29) is 16.6 Å². The fourth-order valence-corrected chi connectivity index (χ4v) is 3.37. The van der Waals surface area contributed by atoms with E-state index in [4.69, 9.17) is 11.6 Å². The third-order valence-electron chi connectivity index (χ3n) is 2.46. The lowest BCUT2D eigenvalue weighted by molar-refractivity contribution is 0.189. The van der Waals surface area contributed by atoms with Gasteiger partial charge in [-0.3, -0.25) is 0 Å². The molecule has 1 atom stereocenters. The summed E-state index contributed by atoms with van der Waals surface area (Å²) in [5.74, 6) is 0. The van der Waals surface area contributed by atoms with Gasteiger partial charge in [0.05, 0.1) is 11.0 Å². The molecule has 1 aromatic rings. The van der Waals surface area contributed by atoms with Crippen molar-refractivity contribution in [1.82, 2.24) is 9.29 Å². The largest absolute Gasteiger partial charge is 0.392 e. The van der Waals surface area contributed by atoms with Crippen molar-refractivity contribution in [3.63, 3.8) is 0 Å². The second-order valence-electron chi connectivity index (χ2n) is 3.62. The molecule has 16 heavy (non-hydrogen) atoms. The van der Waals surface area contributed by atoms with Crippen molar-refractivity contribution in [2.24, 2.45) is 0 Å². The fraction of sp³-hybridized carbons (Fsp3) is 0.444. The van der Waals surface area contributed by atoms with E-state index in [1.165, 1.54) is 22.6 Å². The summed E-state index contributed by atoms with van der Waals surface area (Å²) in [7, 11) is -3.55. The van der Waals surface area contributed by atoms with Gasteiger partial charge in [-0.25, -0.2) is 13.4 Å². The lowest BCUT2D eigenvalue weighted by Crippen LogP contribution is -2.29. The molecule has 0 spiro atoms. The maximum atomic E-state index is 12.1. The maximum absolute atomic E-state index is 12.1. The fourth-order valence-electron chi connectivity index (χ4n) is 1.62. The van der Waals surface area contributed by atoms with E-state index in [2.05, 4.69) is 4.98 Å². The average molecular weight is 263 g/mol. The quantitative estimate of drug-likeness (QED) is 0.788. The summed E-state index contributed by atoms with van der Waals surface area (Å²) in [6, 6.07) is 2.70. The number of halogens is 1. The van der Waals surface area contributed by atoms with Gasteiger partial charge in [-0.15, -0.1) is 0 Å². The van der Waals surface area contributed by atoms with Gasteiger partial charge in [0, 0.05) is 19.3 Å². The zero-order valence-electron chi connectivity index (χ0n) is 8.38. The minimum absolute atomic E-state index is 0.113. The Morgan fingerprint density at radius 2 is 2.31 bits per heavy atom. The van der Waals surface area contributed by atoms with Crippen LogP contribution in [0.15, 0.2) is 23.2 Å². The molecule has 1 aliphatic heterocycles. The zero-order valence-corrected chi connectivity index (χ0v) is 9.95. The van der Waals surface area contributed by atoms with Crippen molar-refractivity contribution < 1.29 is 13.5 Å². The summed E-state index contributed by atoms with van der Waals surface area (Å²) < 4.78 is 25.4. The van der Waals surface area contributed by atoms with Gasteiger partial charge in [0.15, 0.2) is 0 Å². The second kappa shape index (κ2) is 4.29. The highest BCUT2D eigenvalue weighted by Gasteiger charge is 2.31. The summed E-state index contributed by atoms with van der Waals surface area (Å²) in [4.78, 5) is 3.84. The molecule has 7 heteroatoms. The highest BCUT2D eigenvalue weighted by Crippen LogP contribution is 2.22. The van der Waals surface area contributed by atoms with Gasteiger partial charge in [0.2, 0.25) is 10.0 Å². The van der Waals surface area contributed by atoms with Crippen LogP contribution in [0.1, 0.15) is 6.42 Å². The monoisotopic (exact) mass is 262 g/mol. The minimum Gasteiger partial charge on any atom is -0.392 e. The number of sulfonamides is 1. The van der Waals surface area contributed by atoms with Crippen LogP contribution in [0.5, 0.6) is 0 Å². The Labute approximate surface area is 98.7 Å². The number of β-amino-alcohol motifs (C(OH)–C–C–N with tert-alkyl or cyclic N) is 1. The molecule has 0 aliphatic carbocycles. The number of aliphatic hydroxyl groups is 1. The number of aromatic nitrogens is 1. The molecule has 2 rings (SSSR count). The second-order valence-corrected chi connectivity index (χ2v) is 5.95. The first-order valence-electron chi connectivity index (χ1n) is 4.80. The Morgan fingerprint density at radius 3 is 2.88 bits per heavy atom. The van der Waals surface area contributed by atoms with Gasteiger partial charge in [0.25, 0.3) is 0 Å². The van der Waals surface area contributed by atoms with Crippen LogP contribution >= 0.6 is 11.6 Å². The molecule has 0 aromatic carbocycles. The van der Waals surface area contributed by atoms with E-state index in [1.807, 2.05) is 0 Å². The standard InChI is InChI=1S/C9H11ClN2O3S/c10-9-5-8(1-3-11-9)16(14,15)12-4-2-7(13)6-12/h1,3,5,7,13H,2,4,6H2/t7-/m1/s1. The van der Waals surface area contributed by atoms with Gasteiger partial charge >= 0.3 is 0 Å². The number of rotatable bonds is 2. The van der Waals surface area contributed by atoms with Crippen molar-refractivity contribution in [3.8, 4) is 0 Å². The smallest absolute Gasteiger partial charge is 0.243 e. The van der Waals surface area contributed by atoms with Crippen molar-refractivity contribution in [2.45, 2.75) is 17.4 Å². The molecule has 5 nitrogen and oxygen atoms in total. The van der Waals surface area contributed by atoms with Gasteiger partial charge in [-0.05, 0) is 18.6 Å². The van der Waals surface area contributed by atoms with Gasteiger partial charge in [-0.1, -0.05) is 11.6 Å². The van der Waals surface area contributed by atoms with Gasteiger partial charge < -0.3 is 5.11 Å². The minimum atomic E-state index is -3.55. The molecule has 0 amide bonds. The average Bonchev–Trinajstić information content (AvgIpc) is 2.65. The number of nitrogens with zero attached hydrogens (tertiary/aromatic N) is 2. The van der Waals surface area contributed by atoms with Crippen molar-refractivity contribution >= 4 is 21.6 Å². The molecule has 1 fully saturated rings. The number of aliphatic hydroxyl groups excluding tert-OH is 1. The normalized spacial score (nSPS) is 22.5. The third kappa shape index (κ3) is 2.20.